The highest BCUT2D eigenvalue weighted by atomic mass is 16.5. The zero-order valence-electron chi connectivity index (χ0n) is 17.6. The van der Waals surface area contributed by atoms with Gasteiger partial charge in [-0.15, -0.1) is 0 Å². The van der Waals surface area contributed by atoms with Gasteiger partial charge in [0, 0.05) is 11.8 Å². The van der Waals surface area contributed by atoms with Crippen LogP contribution in [-0.4, -0.2) is 13.2 Å². The van der Waals surface area contributed by atoms with Crippen molar-refractivity contribution < 1.29 is 9.47 Å². The SMILES string of the molecule is CCCCCCCCCCCOC=CC1(CCC)C=CC=C(OCC)C1. The highest BCUT2D eigenvalue weighted by Crippen LogP contribution is 2.38. The van der Waals surface area contributed by atoms with E-state index in [0.717, 1.165) is 38.2 Å². The molecule has 2 heteroatoms. The van der Waals surface area contributed by atoms with Crippen LogP contribution in [-0.2, 0) is 9.47 Å². The van der Waals surface area contributed by atoms with Crippen molar-refractivity contribution in [3.63, 3.8) is 0 Å². The van der Waals surface area contributed by atoms with E-state index in [1.165, 1.54) is 57.8 Å². The molecule has 0 aliphatic heterocycles. The molecule has 0 radical (unpaired) electrons. The second kappa shape index (κ2) is 14.9. The fourth-order valence-electron chi connectivity index (χ4n) is 3.66. The van der Waals surface area contributed by atoms with Crippen LogP contribution in [0.15, 0.2) is 36.3 Å². The van der Waals surface area contributed by atoms with Crippen molar-refractivity contribution in [3.8, 4) is 0 Å². The van der Waals surface area contributed by atoms with Gasteiger partial charge in [0.1, 0.15) is 0 Å². The van der Waals surface area contributed by atoms with E-state index in [0.29, 0.717) is 0 Å². The summed E-state index contributed by atoms with van der Waals surface area (Å²) in [4.78, 5) is 0. The molecule has 0 fully saturated rings. The highest BCUT2D eigenvalue weighted by molar-refractivity contribution is 5.25. The van der Waals surface area contributed by atoms with Gasteiger partial charge in [0.15, 0.2) is 0 Å². The summed E-state index contributed by atoms with van der Waals surface area (Å²) in [6.45, 7) is 8.14. The predicted molar refractivity (Wildman–Crippen MR) is 113 cm³/mol. The topological polar surface area (TPSA) is 18.5 Å². The van der Waals surface area contributed by atoms with Crippen LogP contribution in [0, 0.1) is 5.41 Å². The Morgan fingerprint density at radius 1 is 0.923 bits per heavy atom. The molecule has 1 atom stereocenters. The number of hydrogen-bond acceptors (Lipinski definition) is 2. The number of unbranched alkanes of at least 4 members (excludes halogenated alkanes) is 8. The van der Waals surface area contributed by atoms with E-state index in [1.807, 2.05) is 13.2 Å². The van der Waals surface area contributed by atoms with Gasteiger partial charge in [-0.2, -0.15) is 0 Å². The van der Waals surface area contributed by atoms with Crippen LogP contribution in [0.3, 0.4) is 0 Å². The van der Waals surface area contributed by atoms with Gasteiger partial charge in [-0.25, -0.2) is 0 Å². The monoisotopic (exact) mass is 362 g/mol. The summed E-state index contributed by atoms with van der Waals surface area (Å²) in [6.07, 6.45) is 26.1. The second-order valence-electron chi connectivity index (χ2n) is 7.59. The van der Waals surface area contributed by atoms with Crippen LogP contribution >= 0.6 is 0 Å². The summed E-state index contributed by atoms with van der Waals surface area (Å²) in [6, 6.07) is 0. The average Bonchev–Trinajstić information content (AvgIpc) is 2.63. The first-order valence-electron chi connectivity index (χ1n) is 11.1. The molecule has 0 bridgehead atoms. The van der Waals surface area contributed by atoms with E-state index in [9.17, 15) is 0 Å². The summed E-state index contributed by atoms with van der Waals surface area (Å²) in [5.41, 5.74) is 0.0620. The molecule has 1 aliphatic rings. The molecule has 0 aromatic carbocycles. The molecule has 0 saturated heterocycles. The fourth-order valence-corrected chi connectivity index (χ4v) is 3.66. The molecule has 0 amide bonds. The van der Waals surface area contributed by atoms with E-state index in [1.54, 1.807) is 0 Å². The minimum absolute atomic E-state index is 0.0620. The molecule has 0 spiro atoms. The van der Waals surface area contributed by atoms with Crippen LogP contribution in [0.25, 0.3) is 0 Å². The maximum Gasteiger partial charge on any atom is 0.0971 e. The first-order chi connectivity index (χ1) is 12.8. The minimum atomic E-state index is 0.0620. The van der Waals surface area contributed by atoms with E-state index in [-0.39, 0.29) is 5.41 Å². The van der Waals surface area contributed by atoms with Gasteiger partial charge in [-0.1, -0.05) is 83.8 Å². The van der Waals surface area contributed by atoms with E-state index in [4.69, 9.17) is 9.47 Å². The standard InChI is InChI=1S/C24H42O2/c1-4-7-8-9-10-11-12-13-14-20-25-21-19-24(17-5-2)18-15-16-23(22-24)26-6-3/h15-16,18-19,21H,4-14,17,20,22H2,1-3H3. The Bertz CT molecular complexity index is 422. The van der Waals surface area contributed by atoms with Crippen molar-refractivity contribution in [1.29, 1.82) is 0 Å². The molecule has 0 heterocycles. The number of hydrogen-bond donors (Lipinski definition) is 0. The lowest BCUT2D eigenvalue weighted by Crippen LogP contribution is -2.19. The molecular formula is C24H42O2. The molecule has 0 aromatic heterocycles. The molecule has 1 unspecified atom stereocenters. The Morgan fingerprint density at radius 3 is 2.27 bits per heavy atom. The Morgan fingerprint density at radius 2 is 1.62 bits per heavy atom. The second-order valence-corrected chi connectivity index (χ2v) is 7.59. The summed E-state index contributed by atoms with van der Waals surface area (Å²) >= 11 is 0. The Labute approximate surface area is 162 Å². The third-order valence-electron chi connectivity index (χ3n) is 5.12. The van der Waals surface area contributed by atoms with Crippen molar-refractivity contribution in [3.05, 3.63) is 36.3 Å². The first-order valence-corrected chi connectivity index (χ1v) is 11.1. The number of rotatable bonds is 16. The highest BCUT2D eigenvalue weighted by Gasteiger charge is 2.27. The molecule has 1 aliphatic carbocycles. The zero-order valence-corrected chi connectivity index (χ0v) is 17.6. The third kappa shape index (κ3) is 10.1. The quantitative estimate of drug-likeness (QED) is 0.207. The lowest BCUT2D eigenvalue weighted by Gasteiger charge is -2.30. The lowest BCUT2D eigenvalue weighted by molar-refractivity contribution is 0.193. The largest absolute Gasteiger partial charge is 0.501 e. The Balaban J connectivity index is 2.17. The van der Waals surface area contributed by atoms with Gasteiger partial charge >= 0.3 is 0 Å². The van der Waals surface area contributed by atoms with Crippen molar-refractivity contribution >= 4 is 0 Å². The average molecular weight is 363 g/mol. The van der Waals surface area contributed by atoms with Gasteiger partial charge in [0.05, 0.1) is 25.2 Å². The molecule has 1 rings (SSSR count). The minimum Gasteiger partial charge on any atom is -0.501 e. The van der Waals surface area contributed by atoms with Crippen LogP contribution in [0.2, 0.25) is 0 Å². The van der Waals surface area contributed by atoms with Crippen molar-refractivity contribution in [2.75, 3.05) is 13.2 Å². The van der Waals surface area contributed by atoms with Crippen LogP contribution in [0.4, 0.5) is 0 Å². The maximum absolute atomic E-state index is 5.79. The lowest BCUT2D eigenvalue weighted by atomic mass is 9.77. The fraction of sp³-hybridized carbons (Fsp3) is 0.750. The van der Waals surface area contributed by atoms with E-state index >= 15 is 0 Å². The molecule has 0 N–H and O–H groups in total. The molecule has 0 aromatic rings. The molecule has 26 heavy (non-hydrogen) atoms. The van der Waals surface area contributed by atoms with Gasteiger partial charge < -0.3 is 9.47 Å². The van der Waals surface area contributed by atoms with E-state index < -0.39 is 0 Å². The first kappa shape index (κ1) is 22.9. The van der Waals surface area contributed by atoms with Gasteiger partial charge in [0.25, 0.3) is 0 Å². The molecular weight excluding hydrogens is 320 g/mol. The zero-order chi connectivity index (χ0) is 18.9. The normalized spacial score (nSPS) is 19.7. The van der Waals surface area contributed by atoms with Crippen molar-refractivity contribution in [2.24, 2.45) is 5.41 Å². The molecule has 150 valence electrons. The molecule has 0 saturated carbocycles. The molecule has 2 nitrogen and oxygen atoms in total. The number of ether oxygens (including phenoxy) is 2. The summed E-state index contributed by atoms with van der Waals surface area (Å²) in [7, 11) is 0. The Hall–Kier alpha value is -1.18. The summed E-state index contributed by atoms with van der Waals surface area (Å²) < 4.78 is 11.5. The number of allylic oxidation sites excluding steroid dienone is 5. The predicted octanol–water partition coefficient (Wildman–Crippen LogP) is 7.71. The van der Waals surface area contributed by atoms with Gasteiger partial charge in [-0.3, -0.25) is 0 Å². The Kier molecular flexibility index (Phi) is 13.1. The summed E-state index contributed by atoms with van der Waals surface area (Å²) in [5.74, 6) is 1.09. The van der Waals surface area contributed by atoms with Gasteiger partial charge in [-0.05, 0) is 31.9 Å². The van der Waals surface area contributed by atoms with Crippen LogP contribution < -0.4 is 0 Å². The smallest absolute Gasteiger partial charge is 0.0971 e. The maximum atomic E-state index is 5.79. The van der Waals surface area contributed by atoms with Crippen molar-refractivity contribution in [1.82, 2.24) is 0 Å². The summed E-state index contributed by atoms with van der Waals surface area (Å²) in [5, 5.41) is 0. The van der Waals surface area contributed by atoms with Gasteiger partial charge in [0.2, 0.25) is 0 Å². The van der Waals surface area contributed by atoms with Crippen LogP contribution in [0.5, 0.6) is 0 Å². The third-order valence-corrected chi connectivity index (χ3v) is 5.12. The van der Waals surface area contributed by atoms with Crippen LogP contribution in [0.1, 0.15) is 97.8 Å². The van der Waals surface area contributed by atoms with Crippen molar-refractivity contribution in [2.45, 2.75) is 97.8 Å². The van der Waals surface area contributed by atoms with E-state index in [2.05, 4.69) is 38.2 Å².